The molecule has 0 saturated heterocycles. The van der Waals surface area contributed by atoms with E-state index in [9.17, 15) is 4.79 Å². The van der Waals surface area contributed by atoms with Gasteiger partial charge in [0.05, 0.1) is 11.4 Å². The summed E-state index contributed by atoms with van der Waals surface area (Å²) in [6.45, 7) is 9.01. The molecule has 5 nitrogen and oxygen atoms in total. The number of carbonyl (C=O) groups is 1. The van der Waals surface area contributed by atoms with E-state index in [-0.39, 0.29) is 5.91 Å². The molecule has 0 radical (unpaired) electrons. The van der Waals surface area contributed by atoms with Crippen molar-refractivity contribution in [3.05, 3.63) is 35.8 Å². The third-order valence-corrected chi connectivity index (χ3v) is 3.75. The van der Waals surface area contributed by atoms with Gasteiger partial charge in [-0.05, 0) is 32.9 Å². The van der Waals surface area contributed by atoms with E-state index in [2.05, 4.69) is 14.7 Å². The van der Waals surface area contributed by atoms with Crippen molar-refractivity contribution < 1.29 is 4.79 Å². The van der Waals surface area contributed by atoms with Crippen molar-refractivity contribution in [2.24, 2.45) is 0 Å². The van der Waals surface area contributed by atoms with E-state index in [1.165, 1.54) is 0 Å². The number of hydrogen-bond donors (Lipinski definition) is 1. The van der Waals surface area contributed by atoms with E-state index in [0.29, 0.717) is 13.0 Å². The molecule has 1 N–H and O–H groups in total. The molecule has 0 aliphatic carbocycles. The molecule has 0 fully saturated rings. The first kappa shape index (κ1) is 15.5. The van der Waals surface area contributed by atoms with Crippen LogP contribution in [0.2, 0.25) is 0 Å². The number of amides is 1. The van der Waals surface area contributed by atoms with Gasteiger partial charge in [-0.25, -0.2) is 4.98 Å². The lowest BCUT2D eigenvalue weighted by Gasteiger charge is -2.18. The second-order valence-electron chi connectivity index (χ2n) is 5.07. The molecular weight excluding hydrogens is 264 g/mol. The molecule has 2 rings (SSSR count). The van der Waals surface area contributed by atoms with Gasteiger partial charge < -0.3 is 14.6 Å². The van der Waals surface area contributed by atoms with Gasteiger partial charge >= 0.3 is 0 Å². The van der Waals surface area contributed by atoms with Gasteiger partial charge in [0.1, 0.15) is 5.65 Å². The van der Waals surface area contributed by atoms with Crippen LogP contribution >= 0.6 is 0 Å². The van der Waals surface area contributed by atoms with Gasteiger partial charge in [-0.3, -0.25) is 4.79 Å². The molecule has 2 heterocycles. The predicted molar refractivity (Wildman–Crippen MR) is 84.2 cm³/mol. The Morgan fingerprint density at radius 3 is 2.81 bits per heavy atom. The fourth-order valence-electron chi connectivity index (χ4n) is 2.51. The number of aryl methyl sites for hydroxylation is 1. The number of hydrogen-bond acceptors (Lipinski definition) is 3. The zero-order valence-electron chi connectivity index (χ0n) is 13.1. The molecule has 0 aromatic carbocycles. The summed E-state index contributed by atoms with van der Waals surface area (Å²) in [5, 5.41) is 3.35. The molecule has 0 aliphatic heterocycles. The molecule has 1 amide bonds. The maximum absolute atomic E-state index is 11.9. The molecule has 0 saturated carbocycles. The highest BCUT2D eigenvalue weighted by Gasteiger charge is 2.10. The third-order valence-electron chi connectivity index (χ3n) is 3.75. The van der Waals surface area contributed by atoms with E-state index in [4.69, 9.17) is 0 Å². The van der Waals surface area contributed by atoms with Gasteiger partial charge in [0.25, 0.3) is 0 Å². The van der Waals surface area contributed by atoms with Crippen LogP contribution in [0.15, 0.2) is 24.4 Å². The Balaban J connectivity index is 1.88. The van der Waals surface area contributed by atoms with Crippen LogP contribution in [0.5, 0.6) is 0 Å². The Hall–Kier alpha value is -1.88. The van der Waals surface area contributed by atoms with Crippen molar-refractivity contribution in [1.82, 2.24) is 19.6 Å². The van der Waals surface area contributed by atoms with Crippen LogP contribution < -0.4 is 5.32 Å². The summed E-state index contributed by atoms with van der Waals surface area (Å²) < 4.78 is 2.09. The Bertz CT molecular complexity index is 601. The highest BCUT2D eigenvalue weighted by molar-refractivity contribution is 5.76. The average molecular weight is 288 g/mol. The molecule has 0 spiro atoms. The SMILES string of the molecule is CCN(CC)C(=O)CCNCc1c(C)nc2ccccn12. The van der Waals surface area contributed by atoms with Crippen molar-refractivity contribution in [3.8, 4) is 0 Å². The maximum Gasteiger partial charge on any atom is 0.223 e. The molecule has 0 atom stereocenters. The molecule has 21 heavy (non-hydrogen) atoms. The quantitative estimate of drug-likeness (QED) is 0.793. The normalized spacial score (nSPS) is 11.0. The van der Waals surface area contributed by atoms with Crippen molar-refractivity contribution in [2.75, 3.05) is 19.6 Å². The molecule has 0 unspecified atom stereocenters. The van der Waals surface area contributed by atoms with Crippen LogP contribution in [-0.2, 0) is 11.3 Å². The van der Waals surface area contributed by atoms with Crippen molar-refractivity contribution in [3.63, 3.8) is 0 Å². The fourth-order valence-corrected chi connectivity index (χ4v) is 2.51. The summed E-state index contributed by atoms with van der Waals surface area (Å²) >= 11 is 0. The Labute approximate surface area is 126 Å². The first-order chi connectivity index (χ1) is 10.2. The van der Waals surface area contributed by atoms with Gasteiger partial charge in [-0.15, -0.1) is 0 Å². The summed E-state index contributed by atoms with van der Waals surface area (Å²) in [4.78, 5) is 18.3. The Morgan fingerprint density at radius 1 is 1.33 bits per heavy atom. The minimum Gasteiger partial charge on any atom is -0.343 e. The van der Waals surface area contributed by atoms with Gasteiger partial charge in [0.15, 0.2) is 0 Å². The van der Waals surface area contributed by atoms with Crippen molar-refractivity contribution >= 4 is 11.6 Å². The summed E-state index contributed by atoms with van der Waals surface area (Å²) in [5.74, 6) is 0.211. The van der Waals surface area contributed by atoms with Crippen LogP contribution in [0.3, 0.4) is 0 Å². The van der Waals surface area contributed by atoms with Crippen LogP contribution in [0.1, 0.15) is 31.7 Å². The van der Waals surface area contributed by atoms with Gasteiger partial charge in [0.2, 0.25) is 5.91 Å². The molecule has 0 aliphatic rings. The number of nitrogens with one attached hydrogen (secondary N) is 1. The van der Waals surface area contributed by atoms with Crippen LogP contribution in [0, 0.1) is 6.92 Å². The number of carbonyl (C=O) groups excluding carboxylic acids is 1. The number of aromatic nitrogens is 2. The van der Waals surface area contributed by atoms with E-state index >= 15 is 0 Å². The minimum absolute atomic E-state index is 0.211. The Kier molecular flexibility index (Phi) is 5.33. The standard InChI is InChI=1S/C16H24N4O/c1-4-19(5-2)16(21)9-10-17-12-14-13(3)18-15-8-6-7-11-20(14)15/h6-8,11,17H,4-5,9-10,12H2,1-3H3. The fraction of sp³-hybridized carbons (Fsp3) is 0.500. The summed E-state index contributed by atoms with van der Waals surface area (Å²) in [7, 11) is 0. The average Bonchev–Trinajstić information content (AvgIpc) is 2.80. The van der Waals surface area contributed by atoms with E-state index in [1.54, 1.807) is 0 Å². The second-order valence-corrected chi connectivity index (χ2v) is 5.07. The van der Waals surface area contributed by atoms with Gasteiger partial charge in [-0.1, -0.05) is 6.07 Å². The highest BCUT2D eigenvalue weighted by Crippen LogP contribution is 2.11. The Morgan fingerprint density at radius 2 is 2.10 bits per heavy atom. The molecule has 2 aromatic rings. The van der Waals surface area contributed by atoms with E-state index in [1.807, 2.05) is 50.1 Å². The van der Waals surface area contributed by atoms with Crippen LogP contribution in [0.4, 0.5) is 0 Å². The first-order valence-electron chi connectivity index (χ1n) is 7.58. The summed E-state index contributed by atoms with van der Waals surface area (Å²) in [5.41, 5.74) is 3.15. The molecule has 2 aromatic heterocycles. The first-order valence-corrected chi connectivity index (χ1v) is 7.58. The molecule has 114 valence electrons. The molecule has 0 bridgehead atoms. The van der Waals surface area contributed by atoms with E-state index in [0.717, 1.165) is 36.7 Å². The van der Waals surface area contributed by atoms with Crippen molar-refractivity contribution in [1.29, 1.82) is 0 Å². The second kappa shape index (κ2) is 7.22. The monoisotopic (exact) mass is 288 g/mol. The number of rotatable bonds is 7. The third kappa shape index (κ3) is 3.61. The lowest BCUT2D eigenvalue weighted by Crippen LogP contribution is -2.32. The highest BCUT2D eigenvalue weighted by atomic mass is 16.2. The summed E-state index contributed by atoms with van der Waals surface area (Å²) in [6.07, 6.45) is 2.56. The number of nitrogens with zero attached hydrogens (tertiary/aromatic N) is 3. The van der Waals surface area contributed by atoms with Crippen LogP contribution in [-0.4, -0.2) is 39.8 Å². The van der Waals surface area contributed by atoms with E-state index < -0.39 is 0 Å². The van der Waals surface area contributed by atoms with Crippen molar-refractivity contribution in [2.45, 2.75) is 33.7 Å². The maximum atomic E-state index is 11.9. The number of imidazole rings is 1. The number of pyridine rings is 1. The largest absolute Gasteiger partial charge is 0.343 e. The van der Waals surface area contributed by atoms with Gasteiger partial charge in [0, 0.05) is 38.8 Å². The zero-order chi connectivity index (χ0) is 15.2. The minimum atomic E-state index is 0.211. The molecular formula is C16H24N4O. The lowest BCUT2D eigenvalue weighted by atomic mass is 10.3. The number of fused-ring (bicyclic) bond motifs is 1. The topological polar surface area (TPSA) is 49.6 Å². The van der Waals surface area contributed by atoms with Crippen LogP contribution in [0.25, 0.3) is 5.65 Å². The zero-order valence-corrected chi connectivity index (χ0v) is 13.1. The smallest absolute Gasteiger partial charge is 0.223 e. The van der Waals surface area contributed by atoms with Gasteiger partial charge in [-0.2, -0.15) is 0 Å². The summed E-state index contributed by atoms with van der Waals surface area (Å²) in [6, 6.07) is 5.99. The molecule has 5 heteroatoms. The predicted octanol–water partition coefficient (Wildman–Crippen LogP) is 1.99. The lowest BCUT2D eigenvalue weighted by molar-refractivity contribution is -0.130.